The van der Waals surface area contributed by atoms with Gasteiger partial charge in [0.25, 0.3) is 0 Å². The molecule has 0 heterocycles. The Bertz CT molecular complexity index is 6490. The first kappa shape index (κ1) is 70.7. The third-order valence-corrected chi connectivity index (χ3v) is 25.4. The third-order valence-electron chi connectivity index (χ3n) is 22.9. The largest absolute Gasteiger partial charge is 0.542 e. The molecule has 0 N–H and O–H groups in total. The molecule has 0 saturated carbocycles. The van der Waals surface area contributed by atoms with Crippen LogP contribution in [-0.4, -0.2) is 12.1 Å². The minimum Gasteiger partial charge on any atom is -0.542 e. The molecule has 0 aliphatic rings. The lowest BCUT2D eigenvalue weighted by Crippen LogP contribution is -2.37. The van der Waals surface area contributed by atoms with Crippen molar-refractivity contribution in [2.24, 2.45) is 0 Å². The summed E-state index contributed by atoms with van der Waals surface area (Å²) >= 11 is 0. The molecule has 0 fully saturated rings. The lowest BCUT2D eigenvalue weighted by Gasteiger charge is -2.27. The highest BCUT2D eigenvalue weighted by Gasteiger charge is 2.46. The number of carbonyl (C=O) groups excluding carboxylic acids is 1. The molecule has 548 valence electrons. The van der Waals surface area contributed by atoms with E-state index in [1.54, 1.807) is 0 Å². The van der Waals surface area contributed by atoms with E-state index in [9.17, 15) is 13.2 Å². The normalized spacial score (nSPS) is 11.7. The van der Waals surface area contributed by atoms with E-state index in [1.165, 1.54) is 128 Å². The van der Waals surface area contributed by atoms with Crippen LogP contribution in [0.1, 0.15) is 0 Å². The molecule has 0 amide bonds. The standard InChI is InChI=1S/C108H69S.C2HF3O2/c1-10-46-82-70(28-1)37-19-55-91(82)79-64-100(94-58-22-40-73-31-4-13-49-85(73)94)106(101(65-79)95-59-23-41-74-32-5-14-50-86(74)95)109(107-102(96-60-24-42-75-33-6-15-51-87(75)96)66-80(92-56-20-38-71-29-2-11-47-83(71)92)67-103(107)97-61-25-43-76-34-7-16-52-88(76)97)108-104(98-62-26-44-77-35-8-17-53-89(77)98)68-81(93-57-21-39-72-30-3-12-48-84(72)93)69-105(108)99-63-27-45-78-36-9-18-54-90(78)99;3-2(4,5)1(6)7/h1-69H;(H,6,7)/q+1;/p-1. The molecule has 21 aromatic carbocycles. The maximum atomic E-state index is 10.5. The third kappa shape index (κ3) is 12.6. The number of fused-ring (bicyclic) bond motifs is 9. The van der Waals surface area contributed by atoms with Gasteiger partial charge < -0.3 is 9.90 Å². The number of hydrogen-bond donors (Lipinski definition) is 0. The van der Waals surface area contributed by atoms with Crippen molar-refractivity contribution in [3.8, 4) is 100 Å². The molecule has 0 unspecified atom stereocenters. The predicted molar refractivity (Wildman–Crippen MR) is 479 cm³/mol. The molecule has 0 aliphatic carbocycles. The molecule has 0 spiro atoms. The van der Waals surface area contributed by atoms with Crippen LogP contribution < -0.4 is 5.11 Å². The Morgan fingerprint density at radius 2 is 0.319 bits per heavy atom. The van der Waals surface area contributed by atoms with Gasteiger partial charge in [-0.2, -0.15) is 13.2 Å². The minimum absolute atomic E-state index is 1.14. The maximum Gasteiger partial charge on any atom is 0.430 e. The lowest BCUT2D eigenvalue weighted by molar-refractivity contribution is -0.344. The summed E-state index contributed by atoms with van der Waals surface area (Å²) in [6.45, 7) is 0. The summed E-state index contributed by atoms with van der Waals surface area (Å²) < 4.78 is 31.5. The van der Waals surface area contributed by atoms with Crippen molar-refractivity contribution in [3.63, 3.8) is 0 Å². The van der Waals surface area contributed by atoms with Crippen LogP contribution in [0.5, 0.6) is 0 Å². The van der Waals surface area contributed by atoms with Crippen molar-refractivity contribution >= 4 is 114 Å². The van der Waals surface area contributed by atoms with Crippen molar-refractivity contribution in [3.05, 3.63) is 419 Å². The number of carboxylic acids is 1. The predicted octanol–water partition coefficient (Wildman–Crippen LogP) is 29.5. The van der Waals surface area contributed by atoms with Gasteiger partial charge in [0.05, 0.1) is 0 Å². The number of carbonyl (C=O) groups is 1. The molecule has 116 heavy (non-hydrogen) atoms. The molecule has 0 atom stereocenters. The summed E-state index contributed by atoms with van der Waals surface area (Å²) in [4.78, 5) is 12.4. The second-order valence-electron chi connectivity index (χ2n) is 29.5. The van der Waals surface area contributed by atoms with Gasteiger partial charge in [0.1, 0.15) is 16.9 Å². The van der Waals surface area contributed by atoms with E-state index >= 15 is 0 Å². The van der Waals surface area contributed by atoms with Gasteiger partial charge in [0.2, 0.25) is 0 Å². The van der Waals surface area contributed by atoms with Crippen LogP contribution in [0.3, 0.4) is 0 Å². The molecule has 0 aliphatic heterocycles. The Hall–Kier alpha value is -14.4. The quantitative estimate of drug-likeness (QED) is 0.114. The van der Waals surface area contributed by atoms with E-state index < -0.39 is 23.0 Å². The van der Waals surface area contributed by atoms with Crippen molar-refractivity contribution in [2.75, 3.05) is 0 Å². The highest BCUT2D eigenvalue weighted by atomic mass is 32.2. The van der Waals surface area contributed by atoms with Gasteiger partial charge in [-0.1, -0.05) is 382 Å². The molecule has 0 saturated heterocycles. The average molecular weight is 1510 g/mol. The maximum absolute atomic E-state index is 10.5. The minimum atomic E-state index is -5.19. The molecular formula is C110H69F3O2S. The van der Waals surface area contributed by atoms with Gasteiger partial charge in [-0.25, -0.2) is 0 Å². The van der Waals surface area contributed by atoms with Crippen LogP contribution in [0.2, 0.25) is 0 Å². The number of alkyl halides is 3. The van der Waals surface area contributed by atoms with Gasteiger partial charge >= 0.3 is 6.18 Å². The van der Waals surface area contributed by atoms with E-state index in [-0.39, 0.29) is 0 Å². The summed E-state index contributed by atoms with van der Waals surface area (Å²) in [6, 6.07) is 160. The fraction of sp³-hybridized carbons (Fsp3) is 0.00909. The van der Waals surface area contributed by atoms with Crippen LogP contribution in [0.15, 0.2) is 433 Å². The van der Waals surface area contributed by atoms with Gasteiger partial charge in [0, 0.05) is 33.4 Å². The van der Waals surface area contributed by atoms with Crippen molar-refractivity contribution in [1.82, 2.24) is 0 Å². The smallest absolute Gasteiger partial charge is 0.430 e. The fourth-order valence-corrected chi connectivity index (χ4v) is 20.7. The summed E-state index contributed by atoms with van der Waals surface area (Å²) in [7, 11) is -1.22. The van der Waals surface area contributed by atoms with Crippen LogP contribution in [-0.2, 0) is 15.7 Å². The van der Waals surface area contributed by atoms with Crippen LogP contribution in [0.25, 0.3) is 197 Å². The van der Waals surface area contributed by atoms with E-state index in [0.29, 0.717) is 0 Å². The average Bonchev–Trinajstić information content (AvgIpc) is 0.705. The number of halogens is 3. The van der Waals surface area contributed by atoms with Gasteiger partial charge in [-0.05, 0) is 200 Å². The van der Waals surface area contributed by atoms with Crippen LogP contribution >= 0.6 is 0 Å². The Morgan fingerprint density at radius 3 is 0.474 bits per heavy atom. The monoisotopic (exact) mass is 1510 g/mol. The summed E-state index contributed by atoms with van der Waals surface area (Å²) in [5.74, 6) is -3.01. The van der Waals surface area contributed by atoms with Crippen LogP contribution in [0, 0.1) is 0 Å². The van der Waals surface area contributed by atoms with Gasteiger partial charge in [-0.15, -0.1) is 0 Å². The highest BCUT2D eigenvalue weighted by Crippen LogP contribution is 2.59. The zero-order chi connectivity index (χ0) is 78.0. The zero-order valence-electron chi connectivity index (χ0n) is 62.7. The highest BCUT2D eigenvalue weighted by molar-refractivity contribution is 7.97. The number of benzene rings is 21. The number of rotatable bonds is 12. The zero-order valence-corrected chi connectivity index (χ0v) is 63.5. The van der Waals surface area contributed by atoms with E-state index in [0.717, 1.165) is 83.5 Å². The van der Waals surface area contributed by atoms with Gasteiger partial charge in [0.15, 0.2) is 14.7 Å². The van der Waals surface area contributed by atoms with Crippen molar-refractivity contribution in [2.45, 2.75) is 20.9 Å². The summed E-state index contributed by atoms with van der Waals surface area (Å²) in [6.07, 6.45) is -5.19. The first-order chi connectivity index (χ1) is 57.0. The Kier molecular flexibility index (Phi) is 18.0. The first-order valence-electron chi connectivity index (χ1n) is 38.9. The molecular weight excluding hydrogens is 1440 g/mol. The van der Waals surface area contributed by atoms with E-state index in [1.807, 2.05) is 0 Å². The molecule has 21 rings (SSSR count). The number of carboxylic acid groups (broad SMARTS) is 1. The Morgan fingerprint density at radius 1 is 0.190 bits per heavy atom. The lowest BCUT2D eigenvalue weighted by atomic mass is 9.88. The molecule has 0 radical (unpaired) electrons. The summed E-state index contributed by atoms with van der Waals surface area (Å²) in [5, 5.41) is 30.1. The number of aliphatic carboxylic acids is 1. The molecule has 0 aromatic heterocycles. The van der Waals surface area contributed by atoms with E-state index in [2.05, 4.69) is 419 Å². The van der Waals surface area contributed by atoms with Crippen LogP contribution in [0.4, 0.5) is 13.2 Å². The second-order valence-corrected chi connectivity index (χ2v) is 31.4. The molecule has 6 heteroatoms. The Balaban J connectivity index is 0.00000119. The second kappa shape index (κ2) is 29.6. The van der Waals surface area contributed by atoms with Crippen molar-refractivity contribution < 1.29 is 23.1 Å². The molecule has 0 bridgehead atoms. The molecule has 2 nitrogen and oxygen atoms in total. The SMILES string of the molecule is O=C([O-])C(F)(F)F.c1ccc2c(-c3cc(-c4cccc5ccccc45)c([S+](c4c(-c5cccc6ccccc56)cc(-c5cccc6ccccc56)cc4-c4cccc5ccccc45)c4c(-c5cccc6ccccc56)cc(-c5cccc6ccccc56)cc4-c4cccc5ccccc45)c(-c4cccc5ccccc45)c3)cccc2c1. The fourth-order valence-electron chi connectivity index (χ4n) is 17.7. The number of hydrogen-bond acceptors (Lipinski definition) is 2. The van der Waals surface area contributed by atoms with Crippen molar-refractivity contribution in [1.29, 1.82) is 0 Å². The topological polar surface area (TPSA) is 40.1 Å². The molecule has 21 aromatic rings. The van der Waals surface area contributed by atoms with E-state index in [4.69, 9.17) is 9.90 Å². The Labute approximate surface area is 671 Å². The van der Waals surface area contributed by atoms with Gasteiger partial charge in [-0.3, -0.25) is 0 Å². The first-order valence-corrected chi connectivity index (χ1v) is 40.2. The summed E-state index contributed by atoms with van der Waals surface area (Å²) in [5.41, 5.74) is 20.8.